The quantitative estimate of drug-likeness (QED) is 0.658. The molecule has 0 spiro atoms. The molecule has 2 aromatic carbocycles. The maximum Gasteiger partial charge on any atom is 0.135 e. The first-order valence-corrected chi connectivity index (χ1v) is 8.16. The first kappa shape index (κ1) is 16.3. The number of nitrogens with one attached hydrogen (secondary N) is 2. The Morgan fingerprint density at radius 3 is 2.46 bits per heavy atom. The van der Waals surface area contributed by atoms with Crippen LogP contribution in [0.1, 0.15) is 24.1 Å². The summed E-state index contributed by atoms with van der Waals surface area (Å²) in [6, 6.07) is 18.0. The maximum absolute atomic E-state index is 6.00. The first-order valence-electron chi connectivity index (χ1n) is 7.78. The van der Waals surface area contributed by atoms with Crippen molar-refractivity contribution in [3.05, 3.63) is 77.1 Å². The second-order valence-corrected chi connectivity index (χ2v) is 6.09. The van der Waals surface area contributed by atoms with Gasteiger partial charge in [-0.2, -0.15) is 0 Å². The summed E-state index contributed by atoms with van der Waals surface area (Å²) in [5, 5.41) is 7.42. The van der Waals surface area contributed by atoms with E-state index in [0.717, 1.165) is 27.9 Å². The molecule has 0 saturated heterocycles. The molecule has 0 fully saturated rings. The summed E-state index contributed by atoms with van der Waals surface area (Å²) in [4.78, 5) is 8.58. The van der Waals surface area contributed by atoms with E-state index in [4.69, 9.17) is 11.6 Å². The van der Waals surface area contributed by atoms with Gasteiger partial charge in [0.2, 0.25) is 0 Å². The van der Waals surface area contributed by atoms with Gasteiger partial charge < -0.3 is 10.6 Å². The average molecular weight is 339 g/mol. The van der Waals surface area contributed by atoms with Crippen LogP contribution in [0.5, 0.6) is 0 Å². The molecule has 0 radical (unpaired) electrons. The lowest BCUT2D eigenvalue weighted by Gasteiger charge is -2.15. The molecule has 1 heterocycles. The van der Waals surface area contributed by atoms with Gasteiger partial charge in [-0.1, -0.05) is 41.9 Å². The van der Waals surface area contributed by atoms with Crippen molar-refractivity contribution in [2.45, 2.75) is 19.9 Å². The number of anilines is 3. The number of aromatic nitrogens is 2. The van der Waals surface area contributed by atoms with Gasteiger partial charge in [-0.05, 0) is 43.2 Å². The number of hydrogen-bond donors (Lipinski definition) is 2. The minimum atomic E-state index is 0.159. The topological polar surface area (TPSA) is 49.8 Å². The summed E-state index contributed by atoms with van der Waals surface area (Å²) in [5.74, 6) is 1.51. The van der Waals surface area contributed by atoms with Gasteiger partial charge in [-0.3, -0.25) is 0 Å². The van der Waals surface area contributed by atoms with E-state index in [1.807, 2.05) is 49.4 Å². The highest BCUT2D eigenvalue weighted by Crippen LogP contribution is 2.24. The summed E-state index contributed by atoms with van der Waals surface area (Å²) in [6.07, 6.45) is 1.55. The second kappa shape index (κ2) is 7.32. The Balaban J connectivity index is 1.74. The predicted octanol–water partition coefficient (Wildman–Crippen LogP) is 5.36. The number of hydrogen-bond acceptors (Lipinski definition) is 4. The highest BCUT2D eigenvalue weighted by molar-refractivity contribution is 6.30. The van der Waals surface area contributed by atoms with E-state index in [1.165, 1.54) is 5.56 Å². The van der Waals surface area contributed by atoms with Crippen LogP contribution in [0, 0.1) is 6.92 Å². The lowest BCUT2D eigenvalue weighted by atomic mass is 10.1. The predicted molar refractivity (Wildman–Crippen MR) is 100.0 cm³/mol. The fourth-order valence-electron chi connectivity index (χ4n) is 2.46. The molecule has 0 aliphatic carbocycles. The Hall–Kier alpha value is -2.59. The molecule has 1 atom stereocenters. The molecule has 24 heavy (non-hydrogen) atoms. The van der Waals surface area contributed by atoms with E-state index in [-0.39, 0.29) is 6.04 Å². The van der Waals surface area contributed by atoms with Crippen LogP contribution in [0.4, 0.5) is 17.3 Å². The first-order chi connectivity index (χ1) is 11.6. The molecule has 3 aromatic rings. The van der Waals surface area contributed by atoms with Gasteiger partial charge in [0, 0.05) is 22.8 Å². The number of halogens is 1. The summed E-state index contributed by atoms with van der Waals surface area (Å²) in [7, 11) is 0. The third kappa shape index (κ3) is 4.03. The Morgan fingerprint density at radius 2 is 1.71 bits per heavy atom. The Kier molecular flexibility index (Phi) is 4.96. The van der Waals surface area contributed by atoms with Crippen molar-refractivity contribution < 1.29 is 0 Å². The van der Waals surface area contributed by atoms with E-state index >= 15 is 0 Å². The van der Waals surface area contributed by atoms with Gasteiger partial charge in [0.25, 0.3) is 0 Å². The standard InChI is InChI=1S/C19H19ClN4/c1-13-10-16(20)8-9-17(13)24-19-11-18(21-12-22-19)23-14(2)15-6-4-3-5-7-15/h3-12,14H,1-2H3,(H2,21,22,23,24). The zero-order valence-electron chi connectivity index (χ0n) is 13.6. The van der Waals surface area contributed by atoms with Crippen LogP contribution in [-0.4, -0.2) is 9.97 Å². The van der Waals surface area contributed by atoms with Crippen molar-refractivity contribution in [2.24, 2.45) is 0 Å². The molecule has 122 valence electrons. The SMILES string of the molecule is Cc1cc(Cl)ccc1Nc1cc(NC(C)c2ccccc2)ncn1. The third-order valence-corrected chi connectivity index (χ3v) is 4.02. The van der Waals surface area contributed by atoms with E-state index < -0.39 is 0 Å². The molecule has 0 saturated carbocycles. The highest BCUT2D eigenvalue weighted by Gasteiger charge is 2.07. The van der Waals surface area contributed by atoms with Crippen molar-refractivity contribution >= 4 is 28.9 Å². The smallest absolute Gasteiger partial charge is 0.135 e. The number of aryl methyl sites for hydroxylation is 1. The Labute approximate surface area is 146 Å². The zero-order chi connectivity index (χ0) is 16.9. The molecule has 0 bridgehead atoms. The number of rotatable bonds is 5. The minimum absolute atomic E-state index is 0.159. The average Bonchev–Trinajstić information content (AvgIpc) is 2.58. The van der Waals surface area contributed by atoms with Gasteiger partial charge in [0.05, 0.1) is 0 Å². The fraction of sp³-hybridized carbons (Fsp3) is 0.158. The molecular weight excluding hydrogens is 320 g/mol. The minimum Gasteiger partial charge on any atom is -0.363 e. The number of nitrogens with zero attached hydrogens (tertiary/aromatic N) is 2. The van der Waals surface area contributed by atoms with Crippen LogP contribution in [0.15, 0.2) is 60.9 Å². The van der Waals surface area contributed by atoms with Crippen molar-refractivity contribution in [1.29, 1.82) is 0 Å². The van der Waals surface area contributed by atoms with Crippen molar-refractivity contribution in [3.63, 3.8) is 0 Å². The largest absolute Gasteiger partial charge is 0.363 e. The van der Waals surface area contributed by atoms with Crippen LogP contribution >= 0.6 is 11.6 Å². The Bertz CT molecular complexity index is 821. The summed E-state index contributed by atoms with van der Waals surface area (Å²) in [5.41, 5.74) is 3.24. The van der Waals surface area contributed by atoms with E-state index in [0.29, 0.717) is 0 Å². The van der Waals surface area contributed by atoms with Crippen molar-refractivity contribution in [3.8, 4) is 0 Å². The summed E-state index contributed by atoms with van der Waals surface area (Å²) >= 11 is 6.00. The molecule has 0 aliphatic rings. The molecule has 5 heteroatoms. The normalized spacial score (nSPS) is 11.8. The maximum atomic E-state index is 6.00. The lowest BCUT2D eigenvalue weighted by Crippen LogP contribution is -2.08. The third-order valence-electron chi connectivity index (χ3n) is 3.78. The van der Waals surface area contributed by atoms with Gasteiger partial charge in [0.15, 0.2) is 0 Å². The molecule has 4 nitrogen and oxygen atoms in total. The van der Waals surface area contributed by atoms with Crippen LogP contribution in [0.25, 0.3) is 0 Å². The highest BCUT2D eigenvalue weighted by atomic mass is 35.5. The van der Waals surface area contributed by atoms with Crippen LogP contribution in [-0.2, 0) is 0 Å². The van der Waals surface area contributed by atoms with Crippen LogP contribution < -0.4 is 10.6 Å². The molecule has 1 unspecified atom stereocenters. The molecule has 2 N–H and O–H groups in total. The van der Waals surface area contributed by atoms with Crippen LogP contribution in [0.3, 0.4) is 0 Å². The molecule has 0 aliphatic heterocycles. The molecule has 0 amide bonds. The lowest BCUT2D eigenvalue weighted by molar-refractivity contribution is 0.872. The number of benzene rings is 2. The van der Waals surface area contributed by atoms with E-state index in [9.17, 15) is 0 Å². The van der Waals surface area contributed by atoms with Gasteiger partial charge in [-0.15, -0.1) is 0 Å². The fourth-order valence-corrected chi connectivity index (χ4v) is 2.68. The van der Waals surface area contributed by atoms with Gasteiger partial charge in [-0.25, -0.2) is 9.97 Å². The molecular formula is C19H19ClN4. The van der Waals surface area contributed by atoms with Gasteiger partial charge in [0.1, 0.15) is 18.0 Å². The zero-order valence-corrected chi connectivity index (χ0v) is 14.4. The molecule has 3 rings (SSSR count). The monoisotopic (exact) mass is 338 g/mol. The molecule has 1 aromatic heterocycles. The summed E-state index contributed by atoms with van der Waals surface area (Å²) < 4.78 is 0. The van der Waals surface area contributed by atoms with Crippen molar-refractivity contribution in [1.82, 2.24) is 9.97 Å². The van der Waals surface area contributed by atoms with E-state index in [2.05, 4.69) is 39.7 Å². The van der Waals surface area contributed by atoms with Gasteiger partial charge >= 0.3 is 0 Å². The summed E-state index contributed by atoms with van der Waals surface area (Å²) in [6.45, 7) is 4.11. The Morgan fingerprint density at radius 1 is 0.958 bits per heavy atom. The second-order valence-electron chi connectivity index (χ2n) is 5.65. The van der Waals surface area contributed by atoms with Crippen LogP contribution in [0.2, 0.25) is 5.02 Å². The van der Waals surface area contributed by atoms with E-state index in [1.54, 1.807) is 6.33 Å². The van der Waals surface area contributed by atoms with Crippen molar-refractivity contribution in [2.75, 3.05) is 10.6 Å².